The Morgan fingerprint density at radius 1 is 1.18 bits per heavy atom. The molecule has 0 bridgehead atoms. The second kappa shape index (κ2) is 9.21. The van der Waals surface area contributed by atoms with Crippen LogP contribution in [0.25, 0.3) is 0 Å². The number of para-hydroxylation sites is 1. The summed E-state index contributed by atoms with van der Waals surface area (Å²) in [6.45, 7) is 1.30. The maximum absolute atomic E-state index is 12.2. The number of amides is 1. The molecule has 0 radical (unpaired) electrons. The van der Waals surface area contributed by atoms with E-state index in [4.69, 9.17) is 4.74 Å². The van der Waals surface area contributed by atoms with E-state index in [-0.39, 0.29) is 23.4 Å². The highest BCUT2D eigenvalue weighted by atomic mass is 16.6. The molecule has 1 amide bonds. The van der Waals surface area contributed by atoms with Crippen LogP contribution in [0.4, 0.5) is 11.4 Å². The maximum atomic E-state index is 12.2. The summed E-state index contributed by atoms with van der Waals surface area (Å²) in [6, 6.07) is 15.2. The molecule has 1 N–H and O–H groups in total. The quantitative estimate of drug-likeness (QED) is 0.586. The molecule has 1 fully saturated rings. The van der Waals surface area contributed by atoms with Crippen molar-refractivity contribution in [3.05, 3.63) is 64.2 Å². The molecule has 2 aromatic carbocycles. The van der Waals surface area contributed by atoms with Crippen molar-refractivity contribution in [2.24, 2.45) is 0 Å². The Hall–Kier alpha value is -3.09. The Kier molecular flexibility index (Phi) is 6.47. The Morgan fingerprint density at radius 3 is 2.54 bits per heavy atom. The molecule has 0 aliphatic carbocycles. The third-order valence-corrected chi connectivity index (χ3v) is 5.06. The summed E-state index contributed by atoms with van der Waals surface area (Å²) in [5.74, 6) is 0.313. The summed E-state index contributed by atoms with van der Waals surface area (Å²) in [5.41, 5.74) is 1.71. The van der Waals surface area contributed by atoms with Crippen LogP contribution in [0.15, 0.2) is 48.5 Å². The molecular weight excluding hydrogens is 358 g/mol. The van der Waals surface area contributed by atoms with E-state index in [1.165, 1.54) is 7.11 Å². The number of anilines is 1. The van der Waals surface area contributed by atoms with Crippen LogP contribution < -0.4 is 15.0 Å². The van der Waals surface area contributed by atoms with E-state index in [0.717, 1.165) is 24.8 Å². The summed E-state index contributed by atoms with van der Waals surface area (Å²) >= 11 is 0. The number of benzene rings is 2. The van der Waals surface area contributed by atoms with Gasteiger partial charge in [-0.1, -0.05) is 36.4 Å². The molecule has 2 aromatic rings. The van der Waals surface area contributed by atoms with Crippen LogP contribution in [-0.4, -0.2) is 37.1 Å². The molecule has 3 rings (SSSR count). The van der Waals surface area contributed by atoms with Crippen LogP contribution in [0, 0.1) is 10.1 Å². The maximum Gasteiger partial charge on any atom is 0.333 e. The number of aryl methyl sites for hydroxylation is 1. The first kappa shape index (κ1) is 19.7. The molecule has 28 heavy (non-hydrogen) atoms. The molecule has 7 heteroatoms. The van der Waals surface area contributed by atoms with E-state index in [0.29, 0.717) is 25.2 Å². The van der Waals surface area contributed by atoms with Gasteiger partial charge in [-0.05, 0) is 37.0 Å². The van der Waals surface area contributed by atoms with Gasteiger partial charge in [-0.15, -0.1) is 0 Å². The zero-order chi connectivity index (χ0) is 19.9. The largest absolute Gasteiger partial charge is 0.490 e. The van der Waals surface area contributed by atoms with E-state index >= 15 is 0 Å². The number of piperidine rings is 1. The van der Waals surface area contributed by atoms with Gasteiger partial charge in [0.25, 0.3) is 0 Å². The predicted octanol–water partition coefficient (Wildman–Crippen LogP) is 3.32. The lowest BCUT2D eigenvalue weighted by atomic mass is 10.0. The third-order valence-electron chi connectivity index (χ3n) is 5.06. The van der Waals surface area contributed by atoms with E-state index in [9.17, 15) is 14.9 Å². The van der Waals surface area contributed by atoms with Crippen molar-refractivity contribution < 1.29 is 14.5 Å². The van der Waals surface area contributed by atoms with Crippen LogP contribution in [0.5, 0.6) is 5.75 Å². The highest BCUT2D eigenvalue weighted by Crippen LogP contribution is 2.37. The Balaban J connectivity index is 1.53. The number of carbonyl (C=O) groups is 1. The number of carbonyl (C=O) groups excluding carboxylic acids is 1. The van der Waals surface area contributed by atoms with Gasteiger partial charge < -0.3 is 15.0 Å². The smallest absolute Gasteiger partial charge is 0.333 e. The number of hydrogen-bond acceptors (Lipinski definition) is 5. The molecular formula is C21H25N3O4. The van der Waals surface area contributed by atoms with Gasteiger partial charge >= 0.3 is 5.69 Å². The van der Waals surface area contributed by atoms with Crippen LogP contribution in [0.2, 0.25) is 0 Å². The Bertz CT molecular complexity index is 818. The second-order valence-corrected chi connectivity index (χ2v) is 6.90. The van der Waals surface area contributed by atoms with Crippen LogP contribution in [0.3, 0.4) is 0 Å². The van der Waals surface area contributed by atoms with E-state index < -0.39 is 4.92 Å². The van der Waals surface area contributed by atoms with Gasteiger partial charge in [0.2, 0.25) is 5.91 Å². The number of nitrogens with one attached hydrogen (secondary N) is 1. The first-order valence-corrected chi connectivity index (χ1v) is 9.48. The fraction of sp³-hybridized carbons (Fsp3) is 0.381. The highest BCUT2D eigenvalue weighted by Gasteiger charge is 2.28. The van der Waals surface area contributed by atoms with Crippen molar-refractivity contribution in [1.29, 1.82) is 0 Å². The first-order valence-electron chi connectivity index (χ1n) is 9.48. The van der Waals surface area contributed by atoms with E-state index in [2.05, 4.69) is 5.32 Å². The predicted molar refractivity (Wildman–Crippen MR) is 108 cm³/mol. The SMILES string of the molecule is COc1cccc(N2CCC(NC(=O)CCc3ccccc3)CC2)c1[N+](=O)[O-]. The average molecular weight is 383 g/mol. The van der Waals surface area contributed by atoms with E-state index in [1.54, 1.807) is 18.2 Å². The summed E-state index contributed by atoms with van der Waals surface area (Å²) in [5, 5.41) is 14.6. The minimum Gasteiger partial charge on any atom is -0.490 e. The Labute approximate surface area is 164 Å². The third kappa shape index (κ3) is 4.79. The first-order chi connectivity index (χ1) is 13.6. The average Bonchev–Trinajstić information content (AvgIpc) is 2.73. The number of ether oxygens (including phenoxy) is 1. The molecule has 0 saturated carbocycles. The van der Waals surface area contributed by atoms with Gasteiger partial charge in [0.05, 0.1) is 12.0 Å². The summed E-state index contributed by atoms with van der Waals surface area (Å²) < 4.78 is 5.15. The zero-order valence-electron chi connectivity index (χ0n) is 16.0. The van der Waals surface area contributed by atoms with E-state index in [1.807, 2.05) is 35.2 Å². The molecule has 1 heterocycles. The minimum absolute atomic E-state index is 0.00431. The summed E-state index contributed by atoms with van der Waals surface area (Å²) in [4.78, 5) is 25.3. The monoisotopic (exact) mass is 383 g/mol. The number of nitrogens with zero attached hydrogens (tertiary/aromatic N) is 2. The number of hydrogen-bond donors (Lipinski definition) is 1. The normalized spacial score (nSPS) is 14.5. The fourth-order valence-corrected chi connectivity index (χ4v) is 3.58. The molecule has 0 spiro atoms. The van der Waals surface area contributed by atoms with Crippen molar-refractivity contribution in [2.75, 3.05) is 25.1 Å². The molecule has 148 valence electrons. The molecule has 0 aromatic heterocycles. The molecule has 7 nitrogen and oxygen atoms in total. The number of nitro groups is 1. The second-order valence-electron chi connectivity index (χ2n) is 6.90. The fourth-order valence-electron chi connectivity index (χ4n) is 3.58. The lowest BCUT2D eigenvalue weighted by molar-refractivity contribution is -0.385. The highest BCUT2D eigenvalue weighted by molar-refractivity contribution is 5.76. The number of nitro benzene ring substituents is 1. The number of methoxy groups -OCH3 is 1. The molecule has 1 aliphatic heterocycles. The lowest BCUT2D eigenvalue weighted by Gasteiger charge is -2.33. The van der Waals surface area contributed by atoms with Crippen molar-refractivity contribution >= 4 is 17.3 Å². The van der Waals surface area contributed by atoms with Gasteiger partial charge in [0, 0.05) is 25.6 Å². The topological polar surface area (TPSA) is 84.7 Å². The van der Waals surface area contributed by atoms with Crippen molar-refractivity contribution in [3.8, 4) is 5.75 Å². The molecule has 0 unspecified atom stereocenters. The summed E-state index contributed by atoms with van der Waals surface area (Å²) in [6.07, 6.45) is 2.70. The van der Waals surface area contributed by atoms with Crippen molar-refractivity contribution in [3.63, 3.8) is 0 Å². The Morgan fingerprint density at radius 2 is 1.89 bits per heavy atom. The van der Waals surface area contributed by atoms with Gasteiger partial charge in [0.15, 0.2) is 5.75 Å². The van der Waals surface area contributed by atoms with Crippen LogP contribution in [0.1, 0.15) is 24.8 Å². The van der Waals surface area contributed by atoms with Crippen molar-refractivity contribution in [1.82, 2.24) is 5.32 Å². The van der Waals surface area contributed by atoms with Crippen LogP contribution >= 0.6 is 0 Å². The molecule has 1 aliphatic rings. The molecule has 1 saturated heterocycles. The number of rotatable bonds is 7. The standard InChI is InChI=1S/C21H25N3O4/c1-28-19-9-5-8-18(21(19)24(26)27)23-14-12-17(13-15-23)22-20(25)11-10-16-6-3-2-4-7-16/h2-9,17H,10-15H2,1H3,(H,22,25). The van der Waals surface area contributed by atoms with Gasteiger partial charge in [-0.2, -0.15) is 0 Å². The minimum atomic E-state index is -0.397. The lowest BCUT2D eigenvalue weighted by Crippen LogP contribution is -2.44. The summed E-state index contributed by atoms with van der Waals surface area (Å²) in [7, 11) is 1.43. The van der Waals surface area contributed by atoms with Gasteiger partial charge in [-0.25, -0.2) is 0 Å². The van der Waals surface area contributed by atoms with Crippen LogP contribution in [-0.2, 0) is 11.2 Å². The zero-order valence-corrected chi connectivity index (χ0v) is 16.0. The van der Waals surface area contributed by atoms with Gasteiger partial charge in [0.1, 0.15) is 5.69 Å². The van der Waals surface area contributed by atoms with Gasteiger partial charge in [-0.3, -0.25) is 14.9 Å². The molecule has 0 atom stereocenters. The van der Waals surface area contributed by atoms with Crippen molar-refractivity contribution in [2.45, 2.75) is 31.7 Å².